The Balaban J connectivity index is 1.55. The predicted octanol–water partition coefficient (Wildman–Crippen LogP) is 4.85. The van der Waals surface area contributed by atoms with Gasteiger partial charge in [-0.25, -0.2) is 4.98 Å². The number of hydrogen-bond acceptors (Lipinski definition) is 5. The maximum absolute atomic E-state index is 12.7. The van der Waals surface area contributed by atoms with Gasteiger partial charge >= 0.3 is 0 Å². The zero-order valence-corrected chi connectivity index (χ0v) is 18.7. The van der Waals surface area contributed by atoms with Crippen LogP contribution in [0.3, 0.4) is 0 Å². The second kappa shape index (κ2) is 7.95. The van der Waals surface area contributed by atoms with E-state index in [1.54, 1.807) is 11.3 Å². The Morgan fingerprint density at radius 2 is 2.17 bits per heavy atom. The summed E-state index contributed by atoms with van der Waals surface area (Å²) in [6.45, 7) is 8.10. The van der Waals surface area contributed by atoms with Crippen LogP contribution in [0.15, 0.2) is 28.2 Å². The number of carbonyl (C=O) groups excluding carboxylic acids is 1. The standard InChI is InChI=1S/C22H25N3O2S2/c1-11-8-9-15-17(10-11)29-21-18(15)20(27)24-22(25-21)28-14(4)19(26)23-16-7-5-6-12(2)13(16)3/h5-7,11,14H,8-10H2,1-4H3,(H,23,26)(H,24,25,27). The van der Waals surface area contributed by atoms with Gasteiger partial charge in [0.2, 0.25) is 5.91 Å². The molecule has 0 radical (unpaired) electrons. The Bertz CT molecular complexity index is 1150. The number of carbonyl (C=O) groups is 1. The summed E-state index contributed by atoms with van der Waals surface area (Å²) >= 11 is 2.91. The van der Waals surface area contributed by atoms with Crippen LogP contribution in [-0.2, 0) is 17.6 Å². The Kier molecular flexibility index (Phi) is 5.53. The average molecular weight is 428 g/mol. The number of aromatic nitrogens is 2. The number of fused-ring (bicyclic) bond motifs is 3. The van der Waals surface area contributed by atoms with E-state index in [2.05, 4.69) is 22.2 Å². The molecule has 1 aromatic carbocycles. The number of aromatic amines is 1. The molecule has 2 aromatic heterocycles. The Morgan fingerprint density at radius 3 is 2.97 bits per heavy atom. The van der Waals surface area contributed by atoms with E-state index >= 15 is 0 Å². The highest BCUT2D eigenvalue weighted by Gasteiger charge is 2.24. The van der Waals surface area contributed by atoms with Crippen molar-refractivity contribution in [1.29, 1.82) is 0 Å². The molecule has 2 atom stereocenters. The summed E-state index contributed by atoms with van der Waals surface area (Å²) in [5.41, 5.74) is 4.10. The van der Waals surface area contributed by atoms with Crippen molar-refractivity contribution in [1.82, 2.24) is 9.97 Å². The van der Waals surface area contributed by atoms with Crippen LogP contribution < -0.4 is 10.9 Å². The van der Waals surface area contributed by atoms with Gasteiger partial charge in [0.25, 0.3) is 5.56 Å². The summed E-state index contributed by atoms with van der Waals surface area (Å²) in [6, 6.07) is 5.86. The first-order valence-electron chi connectivity index (χ1n) is 9.91. The Hall–Kier alpha value is -2.12. The molecule has 1 aliphatic rings. The first kappa shape index (κ1) is 20.2. The molecule has 7 heteroatoms. The van der Waals surface area contributed by atoms with Crippen molar-refractivity contribution in [3.05, 3.63) is 50.1 Å². The van der Waals surface area contributed by atoms with Gasteiger partial charge in [-0.2, -0.15) is 0 Å². The van der Waals surface area contributed by atoms with E-state index in [0.717, 1.165) is 46.3 Å². The molecule has 2 unspecified atom stereocenters. The molecule has 152 valence electrons. The maximum atomic E-state index is 12.7. The van der Waals surface area contributed by atoms with Gasteiger partial charge in [0.1, 0.15) is 4.83 Å². The van der Waals surface area contributed by atoms with E-state index in [4.69, 9.17) is 0 Å². The van der Waals surface area contributed by atoms with Gasteiger partial charge in [-0.3, -0.25) is 9.59 Å². The lowest BCUT2D eigenvalue weighted by molar-refractivity contribution is -0.115. The van der Waals surface area contributed by atoms with Crippen LogP contribution in [-0.4, -0.2) is 21.1 Å². The van der Waals surface area contributed by atoms with Crippen LogP contribution in [0.1, 0.15) is 41.8 Å². The van der Waals surface area contributed by atoms with E-state index in [1.807, 2.05) is 39.0 Å². The number of H-pyrrole nitrogens is 1. The van der Waals surface area contributed by atoms with Gasteiger partial charge in [0.15, 0.2) is 5.16 Å². The number of benzene rings is 1. The summed E-state index contributed by atoms with van der Waals surface area (Å²) < 4.78 is 0. The number of amides is 1. The molecule has 0 fully saturated rings. The minimum Gasteiger partial charge on any atom is -0.325 e. The van der Waals surface area contributed by atoms with Crippen molar-refractivity contribution < 1.29 is 4.79 Å². The number of nitrogens with zero attached hydrogens (tertiary/aromatic N) is 1. The fourth-order valence-corrected chi connectivity index (χ4v) is 5.96. The zero-order chi connectivity index (χ0) is 20.7. The van der Waals surface area contributed by atoms with Gasteiger partial charge < -0.3 is 10.3 Å². The molecule has 0 saturated carbocycles. The lowest BCUT2D eigenvalue weighted by Crippen LogP contribution is -2.23. The number of rotatable bonds is 4. The molecule has 5 nitrogen and oxygen atoms in total. The van der Waals surface area contributed by atoms with Gasteiger partial charge in [0, 0.05) is 10.6 Å². The normalized spacial score (nSPS) is 17.2. The molecule has 3 aromatic rings. The topological polar surface area (TPSA) is 74.8 Å². The van der Waals surface area contributed by atoms with Crippen LogP contribution in [0.4, 0.5) is 5.69 Å². The van der Waals surface area contributed by atoms with Crippen LogP contribution in [0.2, 0.25) is 0 Å². The van der Waals surface area contributed by atoms with Gasteiger partial charge in [-0.1, -0.05) is 30.8 Å². The molecule has 29 heavy (non-hydrogen) atoms. The van der Waals surface area contributed by atoms with Crippen molar-refractivity contribution in [2.75, 3.05) is 5.32 Å². The van der Waals surface area contributed by atoms with Crippen LogP contribution >= 0.6 is 23.1 Å². The average Bonchev–Trinajstić information content (AvgIpc) is 3.02. The van der Waals surface area contributed by atoms with E-state index in [-0.39, 0.29) is 16.7 Å². The molecule has 2 heterocycles. The maximum Gasteiger partial charge on any atom is 0.260 e. The predicted molar refractivity (Wildman–Crippen MR) is 121 cm³/mol. The molecular formula is C22H25N3O2S2. The van der Waals surface area contributed by atoms with Crippen molar-refractivity contribution in [2.45, 2.75) is 57.4 Å². The van der Waals surface area contributed by atoms with Gasteiger partial charge in [0.05, 0.1) is 10.6 Å². The van der Waals surface area contributed by atoms with E-state index in [0.29, 0.717) is 11.1 Å². The molecular weight excluding hydrogens is 402 g/mol. The molecule has 0 bridgehead atoms. The van der Waals surface area contributed by atoms with Crippen LogP contribution in [0.5, 0.6) is 0 Å². The minimum absolute atomic E-state index is 0.0910. The van der Waals surface area contributed by atoms with Gasteiger partial charge in [-0.15, -0.1) is 11.3 Å². The van der Waals surface area contributed by atoms with Crippen molar-refractivity contribution in [3.63, 3.8) is 0 Å². The van der Waals surface area contributed by atoms with Gasteiger partial charge in [-0.05, 0) is 68.7 Å². The number of nitrogens with one attached hydrogen (secondary N) is 2. The monoisotopic (exact) mass is 427 g/mol. The lowest BCUT2D eigenvalue weighted by Gasteiger charge is -2.17. The summed E-state index contributed by atoms with van der Waals surface area (Å²) in [5, 5.41) is 3.85. The SMILES string of the molecule is Cc1cccc(NC(=O)C(C)Sc2nc3sc4c(c3c(=O)[nH]2)CCC(C)C4)c1C. The number of anilines is 1. The Labute approximate surface area is 178 Å². The zero-order valence-electron chi connectivity index (χ0n) is 17.1. The summed E-state index contributed by atoms with van der Waals surface area (Å²) in [6.07, 6.45) is 3.08. The van der Waals surface area contributed by atoms with E-state index in [9.17, 15) is 9.59 Å². The lowest BCUT2D eigenvalue weighted by atomic mass is 9.89. The Morgan fingerprint density at radius 1 is 1.38 bits per heavy atom. The number of hydrogen-bond donors (Lipinski definition) is 2. The summed E-state index contributed by atoms with van der Waals surface area (Å²) in [5.74, 6) is 0.544. The highest BCUT2D eigenvalue weighted by Crippen LogP contribution is 2.36. The van der Waals surface area contributed by atoms with Crippen molar-refractivity contribution in [3.8, 4) is 0 Å². The fourth-order valence-electron chi connectivity index (χ4n) is 3.73. The van der Waals surface area contributed by atoms with E-state index < -0.39 is 0 Å². The second-order valence-corrected chi connectivity index (χ2v) is 10.3. The largest absolute Gasteiger partial charge is 0.325 e. The molecule has 1 aliphatic carbocycles. The molecule has 2 N–H and O–H groups in total. The van der Waals surface area contributed by atoms with Crippen molar-refractivity contribution in [2.24, 2.45) is 5.92 Å². The first-order valence-corrected chi connectivity index (χ1v) is 11.6. The number of thiophene rings is 1. The first-order chi connectivity index (χ1) is 13.8. The smallest absolute Gasteiger partial charge is 0.260 e. The molecule has 0 aliphatic heterocycles. The third-order valence-electron chi connectivity index (χ3n) is 5.66. The molecule has 4 rings (SSSR count). The molecule has 0 saturated heterocycles. The highest BCUT2D eigenvalue weighted by molar-refractivity contribution is 8.00. The fraction of sp³-hybridized carbons (Fsp3) is 0.409. The number of aryl methyl sites for hydroxylation is 2. The molecule has 0 spiro atoms. The highest BCUT2D eigenvalue weighted by atomic mass is 32.2. The second-order valence-electron chi connectivity index (χ2n) is 7.90. The minimum atomic E-state index is -0.384. The number of thioether (sulfide) groups is 1. The van der Waals surface area contributed by atoms with Crippen LogP contribution in [0, 0.1) is 19.8 Å². The summed E-state index contributed by atoms with van der Waals surface area (Å²) in [7, 11) is 0. The van der Waals surface area contributed by atoms with Crippen LogP contribution in [0.25, 0.3) is 10.2 Å². The van der Waals surface area contributed by atoms with E-state index in [1.165, 1.54) is 22.2 Å². The summed E-state index contributed by atoms with van der Waals surface area (Å²) in [4.78, 5) is 35.1. The van der Waals surface area contributed by atoms with Crippen molar-refractivity contribution >= 4 is 44.9 Å². The third-order valence-corrected chi connectivity index (χ3v) is 7.80. The third kappa shape index (κ3) is 3.98. The quantitative estimate of drug-likeness (QED) is 0.461. The molecule has 1 amide bonds.